The highest BCUT2D eigenvalue weighted by Gasteiger charge is 2.36. The molecule has 1 fully saturated rings. The monoisotopic (exact) mass is 334 g/mol. The van der Waals surface area contributed by atoms with Crippen molar-refractivity contribution < 1.29 is 14.3 Å². The van der Waals surface area contributed by atoms with E-state index >= 15 is 0 Å². The molecule has 1 heterocycles. The van der Waals surface area contributed by atoms with Crippen molar-refractivity contribution in [2.75, 3.05) is 7.11 Å². The van der Waals surface area contributed by atoms with Crippen LogP contribution in [0, 0.1) is 0 Å². The van der Waals surface area contributed by atoms with E-state index in [2.05, 4.69) is 48.1 Å². The van der Waals surface area contributed by atoms with Crippen molar-refractivity contribution in [1.82, 2.24) is 0 Å². The van der Waals surface area contributed by atoms with Crippen molar-refractivity contribution in [3.8, 4) is 0 Å². The number of hydrogen-bond donors (Lipinski definition) is 0. The highest BCUT2D eigenvalue weighted by molar-refractivity contribution is 5.68. The van der Waals surface area contributed by atoms with Crippen LogP contribution in [0.5, 0.6) is 0 Å². The van der Waals surface area contributed by atoms with E-state index in [9.17, 15) is 4.79 Å². The van der Waals surface area contributed by atoms with E-state index in [-0.39, 0.29) is 5.97 Å². The number of esters is 1. The lowest BCUT2D eigenvalue weighted by Crippen LogP contribution is -2.01. The van der Waals surface area contributed by atoms with Crippen LogP contribution in [0.1, 0.15) is 71.1 Å². The standard InChI is InChI=1S/C21H34O3/c1-3-4-5-6-7-8-9-10-11-12-13-14-16-19-20(24-19)17-15-18-21(22)23-2/h7-8,10-11,13-14,19-20H,3-6,9,12,15-18H2,1-2H3/b8-7-,11-10-,14-13-/t19-,20+/m0/s1. The third-order valence-electron chi connectivity index (χ3n) is 4.17. The van der Waals surface area contributed by atoms with Crippen molar-refractivity contribution in [2.45, 2.75) is 83.3 Å². The summed E-state index contributed by atoms with van der Waals surface area (Å²) in [4.78, 5) is 11.0. The molecule has 0 aromatic rings. The molecule has 0 radical (unpaired) electrons. The second-order valence-corrected chi connectivity index (χ2v) is 6.30. The molecule has 0 amide bonds. The van der Waals surface area contributed by atoms with E-state index in [1.54, 1.807) is 0 Å². The predicted octanol–water partition coefficient (Wildman–Crippen LogP) is 5.52. The number of rotatable bonds is 14. The molecule has 136 valence electrons. The van der Waals surface area contributed by atoms with Gasteiger partial charge in [0.25, 0.3) is 0 Å². The average molecular weight is 335 g/mol. The van der Waals surface area contributed by atoms with Crippen LogP contribution in [0.4, 0.5) is 0 Å². The molecule has 0 saturated carbocycles. The lowest BCUT2D eigenvalue weighted by Gasteiger charge is -1.96. The zero-order valence-electron chi connectivity index (χ0n) is 15.4. The van der Waals surface area contributed by atoms with Crippen LogP contribution in [0.25, 0.3) is 0 Å². The van der Waals surface area contributed by atoms with Crippen molar-refractivity contribution >= 4 is 5.97 Å². The number of allylic oxidation sites excluding steroid dienone is 5. The highest BCUT2D eigenvalue weighted by atomic mass is 16.6. The first-order valence-electron chi connectivity index (χ1n) is 9.45. The molecule has 0 unspecified atom stereocenters. The Morgan fingerprint density at radius 1 is 0.958 bits per heavy atom. The minimum atomic E-state index is -0.130. The Balaban J connectivity index is 1.92. The normalized spacial score (nSPS) is 20.4. The summed E-state index contributed by atoms with van der Waals surface area (Å²) in [5, 5.41) is 0. The summed E-state index contributed by atoms with van der Waals surface area (Å²) in [6, 6.07) is 0. The lowest BCUT2D eigenvalue weighted by molar-refractivity contribution is -0.140. The molecule has 0 aromatic heterocycles. The smallest absolute Gasteiger partial charge is 0.305 e. The zero-order valence-corrected chi connectivity index (χ0v) is 15.4. The Labute approximate surface area is 147 Å². The molecule has 0 aromatic carbocycles. The molecule has 1 rings (SSSR count). The Bertz CT molecular complexity index is 409. The van der Waals surface area contributed by atoms with Gasteiger partial charge in [-0.2, -0.15) is 0 Å². The summed E-state index contributed by atoms with van der Waals surface area (Å²) in [6.07, 6.45) is 24.6. The van der Waals surface area contributed by atoms with Gasteiger partial charge in [-0.05, 0) is 44.9 Å². The third kappa shape index (κ3) is 11.2. The van der Waals surface area contributed by atoms with Crippen LogP contribution in [0.2, 0.25) is 0 Å². The molecule has 0 aliphatic carbocycles. The fraction of sp³-hybridized carbons (Fsp3) is 0.667. The molecule has 3 nitrogen and oxygen atoms in total. The van der Waals surface area contributed by atoms with Gasteiger partial charge in [-0.25, -0.2) is 0 Å². The lowest BCUT2D eigenvalue weighted by atomic mass is 10.1. The first kappa shape index (κ1) is 20.7. The summed E-state index contributed by atoms with van der Waals surface area (Å²) >= 11 is 0. The number of unbranched alkanes of at least 4 members (excludes halogenated alkanes) is 3. The zero-order chi connectivity index (χ0) is 17.5. The number of carbonyl (C=O) groups is 1. The first-order valence-corrected chi connectivity index (χ1v) is 9.45. The van der Waals surface area contributed by atoms with Gasteiger partial charge in [-0.15, -0.1) is 0 Å². The van der Waals surface area contributed by atoms with Gasteiger partial charge >= 0.3 is 5.97 Å². The van der Waals surface area contributed by atoms with E-state index in [1.165, 1.54) is 32.8 Å². The Morgan fingerprint density at radius 3 is 2.38 bits per heavy atom. The maximum atomic E-state index is 11.0. The molecule has 0 N–H and O–H groups in total. The van der Waals surface area contributed by atoms with Gasteiger partial charge in [0.1, 0.15) is 0 Å². The number of hydrogen-bond acceptors (Lipinski definition) is 3. The van der Waals surface area contributed by atoms with Crippen LogP contribution >= 0.6 is 0 Å². The quantitative estimate of drug-likeness (QED) is 0.182. The Hall–Kier alpha value is -1.35. The Kier molecular flexibility index (Phi) is 12.1. The van der Waals surface area contributed by atoms with Crippen molar-refractivity contribution in [1.29, 1.82) is 0 Å². The van der Waals surface area contributed by atoms with E-state index in [4.69, 9.17) is 4.74 Å². The van der Waals surface area contributed by atoms with Crippen LogP contribution in [0.15, 0.2) is 36.5 Å². The molecule has 0 spiro atoms. The molecular formula is C21H34O3. The number of methoxy groups -OCH3 is 1. The fourth-order valence-electron chi connectivity index (χ4n) is 2.59. The third-order valence-corrected chi connectivity index (χ3v) is 4.17. The average Bonchev–Trinajstić information content (AvgIpc) is 3.34. The summed E-state index contributed by atoms with van der Waals surface area (Å²) in [7, 11) is 1.43. The molecule has 1 aliphatic rings. The van der Waals surface area contributed by atoms with Crippen LogP contribution in [-0.2, 0) is 14.3 Å². The molecule has 1 aliphatic heterocycles. The van der Waals surface area contributed by atoms with Crippen molar-refractivity contribution in [3.05, 3.63) is 36.5 Å². The minimum absolute atomic E-state index is 0.130. The second-order valence-electron chi connectivity index (χ2n) is 6.30. The van der Waals surface area contributed by atoms with E-state index in [0.29, 0.717) is 18.6 Å². The van der Waals surface area contributed by atoms with Crippen LogP contribution in [-0.4, -0.2) is 25.3 Å². The number of epoxide rings is 1. The van der Waals surface area contributed by atoms with Gasteiger partial charge in [0, 0.05) is 6.42 Å². The van der Waals surface area contributed by atoms with E-state index in [1.807, 2.05) is 0 Å². The molecule has 3 heteroatoms. The second kappa shape index (κ2) is 14.0. The summed E-state index contributed by atoms with van der Waals surface area (Å²) in [6.45, 7) is 2.24. The predicted molar refractivity (Wildman–Crippen MR) is 99.9 cm³/mol. The van der Waals surface area contributed by atoms with Crippen LogP contribution in [0.3, 0.4) is 0 Å². The molecule has 24 heavy (non-hydrogen) atoms. The van der Waals surface area contributed by atoms with Gasteiger partial charge in [0.2, 0.25) is 0 Å². The van der Waals surface area contributed by atoms with Gasteiger partial charge < -0.3 is 9.47 Å². The van der Waals surface area contributed by atoms with Gasteiger partial charge in [-0.3, -0.25) is 4.79 Å². The largest absolute Gasteiger partial charge is 0.469 e. The SMILES string of the molecule is CCCCC/C=C\C/C=C\C/C=C\C[C@@H]1O[C@@H]1CCCC(=O)OC. The van der Waals surface area contributed by atoms with Crippen LogP contribution < -0.4 is 0 Å². The maximum absolute atomic E-state index is 11.0. The molecular weight excluding hydrogens is 300 g/mol. The summed E-state index contributed by atoms with van der Waals surface area (Å²) in [5.74, 6) is -0.130. The topological polar surface area (TPSA) is 38.8 Å². The number of carbonyl (C=O) groups excluding carboxylic acids is 1. The summed E-state index contributed by atoms with van der Waals surface area (Å²) < 4.78 is 10.2. The van der Waals surface area contributed by atoms with Crippen molar-refractivity contribution in [3.63, 3.8) is 0 Å². The summed E-state index contributed by atoms with van der Waals surface area (Å²) in [5.41, 5.74) is 0. The molecule has 0 bridgehead atoms. The molecule has 1 saturated heterocycles. The van der Waals surface area contributed by atoms with E-state index in [0.717, 1.165) is 32.1 Å². The van der Waals surface area contributed by atoms with Gasteiger partial charge in [0.05, 0.1) is 19.3 Å². The van der Waals surface area contributed by atoms with Crippen molar-refractivity contribution in [2.24, 2.45) is 0 Å². The highest BCUT2D eigenvalue weighted by Crippen LogP contribution is 2.30. The number of ether oxygens (including phenoxy) is 2. The Morgan fingerprint density at radius 2 is 1.67 bits per heavy atom. The molecule has 2 atom stereocenters. The van der Waals surface area contributed by atoms with E-state index < -0.39 is 0 Å². The van der Waals surface area contributed by atoms with Gasteiger partial charge in [0.15, 0.2) is 0 Å². The fourth-order valence-corrected chi connectivity index (χ4v) is 2.59. The first-order chi connectivity index (χ1) is 11.8. The maximum Gasteiger partial charge on any atom is 0.305 e. The minimum Gasteiger partial charge on any atom is -0.469 e. The van der Waals surface area contributed by atoms with Gasteiger partial charge in [-0.1, -0.05) is 56.2 Å².